The molecule has 0 aromatic heterocycles. The number of nitrogens with two attached hydrogens (primary N) is 1. The fourth-order valence-electron chi connectivity index (χ4n) is 2.54. The molecule has 5 heteroatoms. The summed E-state index contributed by atoms with van der Waals surface area (Å²) in [7, 11) is -2.84. The van der Waals surface area contributed by atoms with Gasteiger partial charge in [0.2, 0.25) is 0 Å². The van der Waals surface area contributed by atoms with E-state index in [2.05, 4.69) is 0 Å². The first kappa shape index (κ1) is 13.5. The number of hydrogen-bond donors (Lipinski definition) is 1. The summed E-state index contributed by atoms with van der Waals surface area (Å²) in [5.41, 5.74) is 6.87. The van der Waals surface area contributed by atoms with Crippen molar-refractivity contribution >= 4 is 9.84 Å². The van der Waals surface area contributed by atoms with Crippen LogP contribution in [0.3, 0.4) is 0 Å². The molecule has 0 amide bonds. The lowest BCUT2D eigenvalue weighted by atomic mass is 9.95. The molecule has 1 aliphatic heterocycles. The van der Waals surface area contributed by atoms with Crippen LogP contribution in [0.15, 0.2) is 24.3 Å². The van der Waals surface area contributed by atoms with E-state index in [4.69, 9.17) is 5.73 Å². The molecule has 0 aliphatic carbocycles. The third-order valence-electron chi connectivity index (χ3n) is 3.35. The summed E-state index contributed by atoms with van der Waals surface area (Å²) >= 11 is 0. The highest BCUT2D eigenvalue weighted by Gasteiger charge is 2.28. The lowest BCUT2D eigenvalue weighted by Gasteiger charge is -2.15. The minimum atomic E-state index is -2.84. The first-order valence-corrected chi connectivity index (χ1v) is 7.97. The maximum atomic E-state index is 13.0. The molecule has 0 spiro atoms. The van der Waals surface area contributed by atoms with Gasteiger partial charge in [0.15, 0.2) is 9.84 Å². The average Bonchev–Trinajstić information content (AvgIpc) is 2.57. The zero-order chi connectivity index (χ0) is 13.2. The van der Waals surface area contributed by atoms with Gasteiger partial charge < -0.3 is 5.73 Å². The summed E-state index contributed by atoms with van der Waals surface area (Å²) in [6, 6.07) is 6.28. The summed E-state index contributed by atoms with van der Waals surface area (Å²) in [5.74, 6) is 0.440. The SMILES string of the molecule is NC(Cc1cccc(F)c1)CC1CCS(=O)(=O)C1. The Morgan fingerprint density at radius 1 is 1.44 bits per heavy atom. The van der Waals surface area contributed by atoms with Crippen molar-refractivity contribution in [3.05, 3.63) is 35.6 Å². The van der Waals surface area contributed by atoms with Crippen LogP contribution in [-0.2, 0) is 16.3 Å². The fourth-order valence-corrected chi connectivity index (χ4v) is 4.42. The second-order valence-corrected chi connectivity index (χ2v) is 7.33. The van der Waals surface area contributed by atoms with Crippen LogP contribution in [0, 0.1) is 11.7 Å². The fraction of sp³-hybridized carbons (Fsp3) is 0.538. The third kappa shape index (κ3) is 3.78. The molecular weight excluding hydrogens is 253 g/mol. The van der Waals surface area contributed by atoms with Gasteiger partial charge in [-0.2, -0.15) is 0 Å². The van der Waals surface area contributed by atoms with E-state index < -0.39 is 9.84 Å². The van der Waals surface area contributed by atoms with Crippen molar-refractivity contribution in [1.29, 1.82) is 0 Å². The first-order valence-electron chi connectivity index (χ1n) is 6.15. The van der Waals surface area contributed by atoms with Gasteiger partial charge in [0.1, 0.15) is 5.82 Å². The van der Waals surface area contributed by atoms with E-state index in [1.807, 2.05) is 6.07 Å². The highest BCUT2D eigenvalue weighted by molar-refractivity contribution is 7.91. The van der Waals surface area contributed by atoms with Crippen LogP contribution in [0.5, 0.6) is 0 Å². The molecule has 1 fully saturated rings. The molecule has 18 heavy (non-hydrogen) atoms. The van der Waals surface area contributed by atoms with Crippen molar-refractivity contribution in [1.82, 2.24) is 0 Å². The second-order valence-electron chi connectivity index (χ2n) is 5.10. The van der Waals surface area contributed by atoms with Gasteiger partial charge in [-0.3, -0.25) is 0 Å². The normalized spacial score (nSPS) is 24.0. The maximum absolute atomic E-state index is 13.0. The summed E-state index contributed by atoms with van der Waals surface area (Å²) in [6.07, 6.45) is 1.99. The predicted molar refractivity (Wildman–Crippen MR) is 69.5 cm³/mol. The molecule has 1 aliphatic rings. The van der Waals surface area contributed by atoms with Gasteiger partial charge in [-0.15, -0.1) is 0 Å². The number of hydrogen-bond acceptors (Lipinski definition) is 3. The zero-order valence-electron chi connectivity index (χ0n) is 10.2. The van der Waals surface area contributed by atoms with Crippen molar-refractivity contribution in [2.45, 2.75) is 25.3 Å². The van der Waals surface area contributed by atoms with Gasteiger partial charge in [0.05, 0.1) is 11.5 Å². The summed E-state index contributed by atoms with van der Waals surface area (Å²) in [5, 5.41) is 0. The van der Waals surface area contributed by atoms with Crippen LogP contribution in [0.2, 0.25) is 0 Å². The minimum absolute atomic E-state index is 0.106. The molecule has 2 rings (SSSR count). The summed E-state index contributed by atoms with van der Waals surface area (Å²) in [6.45, 7) is 0. The van der Waals surface area contributed by atoms with Gasteiger partial charge >= 0.3 is 0 Å². The molecule has 2 unspecified atom stereocenters. The van der Waals surface area contributed by atoms with Crippen LogP contribution in [0.25, 0.3) is 0 Å². The molecule has 100 valence electrons. The molecule has 2 N–H and O–H groups in total. The zero-order valence-corrected chi connectivity index (χ0v) is 11.0. The molecule has 3 nitrogen and oxygen atoms in total. The van der Waals surface area contributed by atoms with Gasteiger partial charge in [-0.1, -0.05) is 12.1 Å². The number of halogens is 1. The molecule has 1 aromatic rings. The maximum Gasteiger partial charge on any atom is 0.150 e. The Hall–Kier alpha value is -0.940. The number of benzene rings is 1. The Morgan fingerprint density at radius 2 is 2.22 bits per heavy atom. The number of rotatable bonds is 4. The van der Waals surface area contributed by atoms with Gasteiger partial charge in [-0.05, 0) is 42.9 Å². The number of sulfone groups is 1. The van der Waals surface area contributed by atoms with Gasteiger partial charge in [-0.25, -0.2) is 12.8 Å². The van der Waals surface area contributed by atoms with E-state index in [0.29, 0.717) is 19.3 Å². The van der Waals surface area contributed by atoms with Crippen molar-refractivity contribution < 1.29 is 12.8 Å². The smallest absolute Gasteiger partial charge is 0.150 e. The molecular formula is C13H18FNO2S. The van der Waals surface area contributed by atoms with Gasteiger partial charge in [0, 0.05) is 6.04 Å². The molecule has 1 heterocycles. The highest BCUT2D eigenvalue weighted by atomic mass is 32.2. The Balaban J connectivity index is 1.88. The average molecular weight is 271 g/mol. The van der Waals surface area contributed by atoms with Crippen LogP contribution in [0.4, 0.5) is 4.39 Å². The summed E-state index contributed by atoms with van der Waals surface area (Å²) < 4.78 is 35.7. The topological polar surface area (TPSA) is 60.2 Å². The van der Waals surface area contributed by atoms with E-state index >= 15 is 0 Å². The second kappa shape index (κ2) is 5.36. The monoisotopic (exact) mass is 271 g/mol. The largest absolute Gasteiger partial charge is 0.327 e. The van der Waals surface area contributed by atoms with Gasteiger partial charge in [0.25, 0.3) is 0 Å². The standard InChI is InChI=1S/C13H18FNO2S/c14-12-3-1-2-10(6-12)7-13(15)8-11-4-5-18(16,17)9-11/h1-3,6,11,13H,4-5,7-9,15H2. The Bertz CT molecular complexity index is 515. The Labute approximate surface area is 107 Å². The summed E-state index contributed by atoms with van der Waals surface area (Å²) in [4.78, 5) is 0. The van der Waals surface area contributed by atoms with Crippen molar-refractivity contribution in [3.63, 3.8) is 0 Å². The van der Waals surface area contributed by atoms with Crippen LogP contribution in [-0.4, -0.2) is 26.0 Å². The Kier molecular flexibility index (Phi) is 4.02. The lowest BCUT2D eigenvalue weighted by Crippen LogP contribution is -2.26. The third-order valence-corrected chi connectivity index (χ3v) is 5.19. The lowest BCUT2D eigenvalue weighted by molar-refractivity contribution is 0.468. The first-order chi connectivity index (χ1) is 8.44. The Morgan fingerprint density at radius 3 is 2.83 bits per heavy atom. The van der Waals surface area contributed by atoms with E-state index in [1.165, 1.54) is 12.1 Å². The molecule has 1 saturated heterocycles. The van der Waals surface area contributed by atoms with E-state index in [1.54, 1.807) is 6.07 Å². The van der Waals surface area contributed by atoms with Crippen molar-refractivity contribution in [3.8, 4) is 0 Å². The molecule has 0 saturated carbocycles. The predicted octanol–water partition coefficient (Wildman–Crippen LogP) is 1.52. The quantitative estimate of drug-likeness (QED) is 0.903. The van der Waals surface area contributed by atoms with Crippen molar-refractivity contribution in [2.24, 2.45) is 11.7 Å². The van der Waals surface area contributed by atoms with E-state index in [0.717, 1.165) is 5.56 Å². The van der Waals surface area contributed by atoms with Crippen LogP contribution in [0.1, 0.15) is 18.4 Å². The molecule has 2 atom stereocenters. The molecule has 0 radical (unpaired) electrons. The van der Waals surface area contributed by atoms with Crippen LogP contribution < -0.4 is 5.73 Å². The van der Waals surface area contributed by atoms with E-state index in [9.17, 15) is 12.8 Å². The molecule has 0 bridgehead atoms. The van der Waals surface area contributed by atoms with Crippen LogP contribution >= 0.6 is 0 Å². The molecule has 1 aromatic carbocycles. The minimum Gasteiger partial charge on any atom is -0.327 e. The van der Waals surface area contributed by atoms with E-state index in [-0.39, 0.29) is 29.3 Å². The highest BCUT2D eigenvalue weighted by Crippen LogP contribution is 2.23. The van der Waals surface area contributed by atoms with Crippen molar-refractivity contribution in [2.75, 3.05) is 11.5 Å².